The molecule has 0 aromatic rings. The van der Waals surface area contributed by atoms with Crippen molar-refractivity contribution in [2.75, 3.05) is 6.54 Å². The molecule has 1 aliphatic rings. The molecule has 0 saturated carbocycles. The third-order valence-electron chi connectivity index (χ3n) is 2.18. The number of nitrogens with two attached hydrogens (primary N) is 1. The Labute approximate surface area is 83.7 Å². The minimum absolute atomic E-state index is 0.0446. The SMILES string of the molecule is CC(C)OC(=O)N1CCCC1C(=N)N. The molecule has 1 heterocycles. The second-order valence-corrected chi connectivity index (χ2v) is 3.74. The van der Waals surface area contributed by atoms with Gasteiger partial charge in [0.25, 0.3) is 0 Å². The Morgan fingerprint density at radius 2 is 2.29 bits per heavy atom. The fourth-order valence-corrected chi connectivity index (χ4v) is 1.58. The van der Waals surface area contributed by atoms with E-state index in [2.05, 4.69) is 0 Å². The van der Waals surface area contributed by atoms with Gasteiger partial charge in [0, 0.05) is 6.54 Å². The quantitative estimate of drug-likeness (QED) is 0.513. The molecule has 3 N–H and O–H groups in total. The number of amidine groups is 1. The van der Waals surface area contributed by atoms with Crippen LogP contribution < -0.4 is 5.73 Å². The number of nitrogens with one attached hydrogen (secondary N) is 1. The standard InChI is InChI=1S/C9H17N3O2/c1-6(2)14-9(13)12-5-3-4-7(12)8(10)11/h6-7H,3-5H2,1-2H3,(H3,10,11). The van der Waals surface area contributed by atoms with Crippen LogP contribution in [-0.4, -0.2) is 35.5 Å². The van der Waals surface area contributed by atoms with E-state index >= 15 is 0 Å². The summed E-state index contributed by atoms with van der Waals surface area (Å²) < 4.78 is 5.05. The highest BCUT2D eigenvalue weighted by molar-refractivity contribution is 5.86. The predicted octanol–water partition coefficient (Wildman–Crippen LogP) is 0.932. The Morgan fingerprint density at radius 3 is 2.79 bits per heavy atom. The van der Waals surface area contributed by atoms with Crippen molar-refractivity contribution in [1.29, 1.82) is 5.41 Å². The second kappa shape index (κ2) is 4.30. The van der Waals surface area contributed by atoms with Crippen LogP contribution in [0.5, 0.6) is 0 Å². The number of nitrogens with zero attached hydrogens (tertiary/aromatic N) is 1. The van der Waals surface area contributed by atoms with E-state index in [1.165, 1.54) is 4.90 Å². The van der Waals surface area contributed by atoms with Gasteiger partial charge in [-0.15, -0.1) is 0 Å². The van der Waals surface area contributed by atoms with E-state index in [-0.39, 0.29) is 24.1 Å². The molecule has 0 aliphatic carbocycles. The molecule has 1 saturated heterocycles. The molecule has 1 rings (SSSR count). The average Bonchev–Trinajstić information content (AvgIpc) is 2.49. The van der Waals surface area contributed by atoms with Gasteiger partial charge in [0.15, 0.2) is 0 Å². The van der Waals surface area contributed by atoms with E-state index in [1.54, 1.807) is 13.8 Å². The van der Waals surface area contributed by atoms with Gasteiger partial charge in [0.05, 0.1) is 12.1 Å². The summed E-state index contributed by atoms with van der Waals surface area (Å²) in [5, 5.41) is 7.33. The zero-order valence-corrected chi connectivity index (χ0v) is 8.62. The van der Waals surface area contributed by atoms with E-state index in [0.717, 1.165) is 12.8 Å². The van der Waals surface area contributed by atoms with Gasteiger partial charge in [-0.05, 0) is 26.7 Å². The normalized spacial score (nSPS) is 21.4. The molecule has 5 nitrogen and oxygen atoms in total. The zero-order valence-electron chi connectivity index (χ0n) is 8.62. The zero-order chi connectivity index (χ0) is 10.7. The lowest BCUT2D eigenvalue weighted by molar-refractivity contribution is 0.0792. The van der Waals surface area contributed by atoms with Crippen molar-refractivity contribution >= 4 is 11.9 Å². The Morgan fingerprint density at radius 1 is 1.64 bits per heavy atom. The first-order valence-electron chi connectivity index (χ1n) is 4.83. The largest absolute Gasteiger partial charge is 0.447 e. The first kappa shape index (κ1) is 10.8. The van der Waals surface area contributed by atoms with Gasteiger partial charge in [-0.25, -0.2) is 4.79 Å². The number of ether oxygens (including phenoxy) is 1. The van der Waals surface area contributed by atoms with Crippen LogP contribution in [0.2, 0.25) is 0 Å². The molecular formula is C9H17N3O2. The van der Waals surface area contributed by atoms with E-state index in [4.69, 9.17) is 15.9 Å². The van der Waals surface area contributed by atoms with Crippen LogP contribution in [0.3, 0.4) is 0 Å². The van der Waals surface area contributed by atoms with Gasteiger partial charge in [-0.2, -0.15) is 0 Å². The van der Waals surface area contributed by atoms with Crippen LogP contribution in [0.4, 0.5) is 4.79 Å². The summed E-state index contributed by atoms with van der Waals surface area (Å²) in [6, 6.07) is -0.263. The van der Waals surface area contributed by atoms with Gasteiger partial charge in [0.2, 0.25) is 0 Å². The van der Waals surface area contributed by atoms with Crippen molar-refractivity contribution in [3.8, 4) is 0 Å². The van der Waals surface area contributed by atoms with Crippen LogP contribution in [-0.2, 0) is 4.74 Å². The number of hydrogen-bond donors (Lipinski definition) is 2. The summed E-state index contributed by atoms with van der Waals surface area (Å²) in [6.07, 6.45) is 1.16. The third-order valence-corrected chi connectivity index (χ3v) is 2.18. The van der Waals surface area contributed by atoms with Gasteiger partial charge < -0.3 is 10.5 Å². The number of rotatable bonds is 2. The summed E-state index contributed by atoms with van der Waals surface area (Å²) in [7, 11) is 0. The summed E-state index contributed by atoms with van der Waals surface area (Å²) in [4.78, 5) is 13.1. The Hall–Kier alpha value is -1.26. The summed E-state index contributed by atoms with van der Waals surface area (Å²) in [6.45, 7) is 4.24. The van der Waals surface area contributed by atoms with Gasteiger partial charge >= 0.3 is 6.09 Å². The molecule has 1 fully saturated rings. The van der Waals surface area contributed by atoms with Crippen molar-refractivity contribution in [1.82, 2.24) is 4.90 Å². The lowest BCUT2D eigenvalue weighted by atomic mass is 10.2. The number of carbonyl (C=O) groups excluding carboxylic acids is 1. The summed E-state index contributed by atoms with van der Waals surface area (Å²) >= 11 is 0. The lowest BCUT2D eigenvalue weighted by Gasteiger charge is -2.23. The molecule has 5 heteroatoms. The molecule has 0 radical (unpaired) electrons. The minimum Gasteiger partial charge on any atom is -0.447 e. The van der Waals surface area contributed by atoms with E-state index in [1.807, 2.05) is 0 Å². The van der Waals surface area contributed by atoms with E-state index < -0.39 is 0 Å². The van der Waals surface area contributed by atoms with Crippen molar-refractivity contribution < 1.29 is 9.53 Å². The first-order chi connectivity index (χ1) is 6.52. The van der Waals surface area contributed by atoms with Crippen LogP contribution in [0.1, 0.15) is 26.7 Å². The summed E-state index contributed by atoms with van der Waals surface area (Å²) in [5.74, 6) is 0.0446. The number of hydrogen-bond acceptors (Lipinski definition) is 3. The minimum atomic E-state index is -0.363. The molecule has 1 amide bonds. The highest BCUT2D eigenvalue weighted by Crippen LogP contribution is 2.18. The molecular weight excluding hydrogens is 182 g/mol. The van der Waals surface area contributed by atoms with Crippen LogP contribution in [0.25, 0.3) is 0 Å². The number of likely N-dealkylation sites (tertiary alicyclic amines) is 1. The topological polar surface area (TPSA) is 79.4 Å². The molecule has 14 heavy (non-hydrogen) atoms. The molecule has 1 aliphatic heterocycles. The maximum atomic E-state index is 11.5. The van der Waals surface area contributed by atoms with E-state index in [0.29, 0.717) is 6.54 Å². The number of amides is 1. The molecule has 1 unspecified atom stereocenters. The Bertz CT molecular complexity index is 240. The maximum Gasteiger partial charge on any atom is 0.410 e. The molecule has 0 bridgehead atoms. The lowest BCUT2D eigenvalue weighted by Crippen LogP contribution is -2.44. The maximum absolute atomic E-state index is 11.5. The third kappa shape index (κ3) is 2.37. The molecule has 0 aromatic heterocycles. The molecule has 0 aromatic carbocycles. The first-order valence-corrected chi connectivity index (χ1v) is 4.83. The monoisotopic (exact) mass is 199 g/mol. The van der Waals surface area contributed by atoms with Crippen LogP contribution in [0.15, 0.2) is 0 Å². The fourth-order valence-electron chi connectivity index (χ4n) is 1.58. The smallest absolute Gasteiger partial charge is 0.410 e. The average molecular weight is 199 g/mol. The second-order valence-electron chi connectivity index (χ2n) is 3.74. The van der Waals surface area contributed by atoms with Crippen LogP contribution in [0, 0.1) is 5.41 Å². The van der Waals surface area contributed by atoms with Gasteiger partial charge in [0.1, 0.15) is 5.84 Å². The number of carbonyl (C=O) groups is 1. The molecule has 80 valence electrons. The highest BCUT2D eigenvalue weighted by Gasteiger charge is 2.32. The highest BCUT2D eigenvalue weighted by atomic mass is 16.6. The fraction of sp³-hybridized carbons (Fsp3) is 0.778. The van der Waals surface area contributed by atoms with Crippen molar-refractivity contribution in [2.45, 2.75) is 38.8 Å². The van der Waals surface area contributed by atoms with Crippen molar-refractivity contribution in [3.63, 3.8) is 0 Å². The van der Waals surface area contributed by atoms with Crippen LogP contribution >= 0.6 is 0 Å². The molecule has 0 spiro atoms. The Kier molecular flexibility index (Phi) is 3.33. The summed E-state index contributed by atoms with van der Waals surface area (Å²) in [5.41, 5.74) is 5.39. The van der Waals surface area contributed by atoms with Gasteiger partial charge in [-0.3, -0.25) is 10.3 Å². The van der Waals surface area contributed by atoms with E-state index in [9.17, 15) is 4.79 Å². The van der Waals surface area contributed by atoms with Gasteiger partial charge in [-0.1, -0.05) is 0 Å². The van der Waals surface area contributed by atoms with Crippen molar-refractivity contribution in [3.05, 3.63) is 0 Å². The predicted molar refractivity (Wildman–Crippen MR) is 53.3 cm³/mol. The molecule has 1 atom stereocenters. The van der Waals surface area contributed by atoms with Crippen molar-refractivity contribution in [2.24, 2.45) is 5.73 Å². The Balaban J connectivity index is 2.58.